The van der Waals surface area contributed by atoms with Crippen molar-refractivity contribution in [1.82, 2.24) is 0 Å². The van der Waals surface area contributed by atoms with Gasteiger partial charge in [-0.25, -0.2) is 0 Å². The summed E-state index contributed by atoms with van der Waals surface area (Å²) in [6, 6.07) is 9.44. The van der Waals surface area contributed by atoms with Gasteiger partial charge >= 0.3 is 0 Å². The van der Waals surface area contributed by atoms with Gasteiger partial charge in [-0.3, -0.25) is 9.59 Å². The number of Topliss-reactive ketones (excluding diaryl/α,β-unsaturated/α-hetero) is 2. The van der Waals surface area contributed by atoms with E-state index in [1.807, 2.05) is 0 Å². The average Bonchev–Trinajstić information content (AvgIpc) is 2.05. The summed E-state index contributed by atoms with van der Waals surface area (Å²) in [4.78, 5) is 21.8. The molecule has 1 radical (unpaired) electrons. The van der Waals surface area contributed by atoms with Crippen LogP contribution in [-0.2, 0) is 4.79 Å². The van der Waals surface area contributed by atoms with Crippen molar-refractivity contribution in [2.75, 3.05) is 0 Å². The molecule has 0 aromatic heterocycles. The molecule has 0 N–H and O–H groups in total. The Balaban J connectivity index is 2.73. The van der Waals surface area contributed by atoms with Gasteiger partial charge in [-0.2, -0.15) is 0 Å². The van der Waals surface area contributed by atoms with Crippen molar-refractivity contribution in [3.63, 3.8) is 0 Å². The van der Waals surface area contributed by atoms with E-state index in [4.69, 9.17) is 0 Å². The summed E-state index contributed by atoms with van der Waals surface area (Å²) in [5.74, 6) is -0.232. The molecule has 2 heteroatoms. The van der Waals surface area contributed by atoms with E-state index in [0.717, 1.165) is 0 Å². The molecule has 1 aromatic carbocycles. The first-order valence-corrected chi connectivity index (χ1v) is 3.69. The molecule has 0 fully saturated rings. The molecule has 1 aromatic rings. The smallest absolute Gasteiger partial charge is 0.170 e. The van der Waals surface area contributed by atoms with Crippen LogP contribution in [0.1, 0.15) is 23.7 Å². The molecule has 1 rings (SSSR count). The molecule has 61 valence electrons. The number of hydrogen-bond acceptors (Lipinski definition) is 2. The van der Waals surface area contributed by atoms with E-state index in [1.165, 1.54) is 6.92 Å². The molecular formula is C10H9O2. The Morgan fingerprint density at radius 2 is 1.92 bits per heavy atom. The summed E-state index contributed by atoms with van der Waals surface area (Å²) in [7, 11) is 0. The van der Waals surface area contributed by atoms with E-state index >= 15 is 0 Å². The van der Waals surface area contributed by atoms with Crippen molar-refractivity contribution >= 4 is 11.6 Å². The largest absolute Gasteiger partial charge is 0.300 e. The minimum absolute atomic E-state index is 0.00991. The number of rotatable bonds is 3. The van der Waals surface area contributed by atoms with E-state index in [1.54, 1.807) is 24.3 Å². The molecule has 0 heterocycles. The Morgan fingerprint density at radius 3 is 2.42 bits per heavy atom. The van der Waals surface area contributed by atoms with E-state index < -0.39 is 0 Å². The molecule has 0 bridgehead atoms. The van der Waals surface area contributed by atoms with Crippen LogP contribution in [0.15, 0.2) is 24.3 Å². The molecule has 0 saturated heterocycles. The molecular weight excluding hydrogens is 152 g/mol. The SMILES string of the molecule is CC(=O)CC(=O)c1cc[c]cc1. The van der Waals surface area contributed by atoms with Crippen molar-refractivity contribution < 1.29 is 9.59 Å². The quantitative estimate of drug-likeness (QED) is 0.499. The van der Waals surface area contributed by atoms with Gasteiger partial charge in [0, 0.05) is 5.56 Å². The van der Waals surface area contributed by atoms with Gasteiger partial charge < -0.3 is 0 Å². The van der Waals surface area contributed by atoms with Gasteiger partial charge in [0.05, 0.1) is 6.42 Å². The normalized spacial score (nSPS) is 9.42. The third kappa shape index (κ3) is 2.31. The third-order valence-corrected chi connectivity index (χ3v) is 1.45. The van der Waals surface area contributed by atoms with Crippen molar-refractivity contribution in [3.05, 3.63) is 35.9 Å². The molecule has 0 spiro atoms. The number of carbonyl (C=O) groups is 2. The molecule has 12 heavy (non-hydrogen) atoms. The Labute approximate surface area is 71.2 Å². The molecule has 0 aliphatic rings. The number of benzene rings is 1. The Morgan fingerprint density at radius 1 is 1.33 bits per heavy atom. The second-order valence-corrected chi connectivity index (χ2v) is 2.59. The lowest BCUT2D eigenvalue weighted by atomic mass is 10.1. The molecule has 0 aliphatic carbocycles. The second-order valence-electron chi connectivity index (χ2n) is 2.59. The fourth-order valence-electron chi connectivity index (χ4n) is 0.901. The van der Waals surface area contributed by atoms with E-state index in [-0.39, 0.29) is 18.0 Å². The summed E-state index contributed by atoms with van der Waals surface area (Å²) in [5, 5.41) is 0. The van der Waals surface area contributed by atoms with E-state index in [2.05, 4.69) is 6.07 Å². The van der Waals surface area contributed by atoms with Gasteiger partial charge in [-0.1, -0.05) is 24.3 Å². The highest BCUT2D eigenvalue weighted by Crippen LogP contribution is 2.02. The van der Waals surface area contributed by atoms with Crippen LogP contribution >= 0.6 is 0 Å². The van der Waals surface area contributed by atoms with Crippen LogP contribution in [-0.4, -0.2) is 11.6 Å². The zero-order valence-corrected chi connectivity index (χ0v) is 6.83. The minimum Gasteiger partial charge on any atom is -0.300 e. The fraction of sp³-hybridized carbons (Fsp3) is 0.200. The summed E-state index contributed by atoms with van der Waals surface area (Å²) in [6.07, 6.45) is -0.00991. The van der Waals surface area contributed by atoms with Crippen LogP contribution in [0.25, 0.3) is 0 Å². The molecule has 0 amide bonds. The Hall–Kier alpha value is -1.44. The first kappa shape index (κ1) is 8.65. The van der Waals surface area contributed by atoms with Crippen LogP contribution in [0, 0.1) is 6.07 Å². The van der Waals surface area contributed by atoms with Crippen LogP contribution in [0.2, 0.25) is 0 Å². The molecule has 0 atom stereocenters. The van der Waals surface area contributed by atoms with Gasteiger partial charge in [-0.05, 0) is 13.0 Å². The van der Waals surface area contributed by atoms with Crippen LogP contribution < -0.4 is 0 Å². The zero-order chi connectivity index (χ0) is 8.97. The monoisotopic (exact) mass is 161 g/mol. The predicted molar refractivity (Wildman–Crippen MR) is 44.9 cm³/mol. The average molecular weight is 161 g/mol. The van der Waals surface area contributed by atoms with Crippen molar-refractivity contribution in [3.8, 4) is 0 Å². The second kappa shape index (κ2) is 3.81. The molecule has 0 saturated carbocycles. The topological polar surface area (TPSA) is 34.1 Å². The summed E-state index contributed by atoms with van der Waals surface area (Å²) in [6.45, 7) is 1.41. The van der Waals surface area contributed by atoms with Crippen LogP contribution in [0.3, 0.4) is 0 Å². The maximum atomic E-state index is 11.2. The van der Waals surface area contributed by atoms with Gasteiger partial charge in [0.15, 0.2) is 5.78 Å². The van der Waals surface area contributed by atoms with Gasteiger partial charge in [0.25, 0.3) is 0 Å². The van der Waals surface area contributed by atoms with E-state index in [0.29, 0.717) is 5.56 Å². The minimum atomic E-state index is -0.128. The number of ketones is 2. The standard InChI is InChI=1S/C10H9O2/c1-8(11)7-10(12)9-5-3-2-4-6-9/h3-6H,7H2,1H3. The summed E-state index contributed by atoms with van der Waals surface area (Å²) < 4.78 is 0. The van der Waals surface area contributed by atoms with E-state index in [9.17, 15) is 9.59 Å². The summed E-state index contributed by atoms with van der Waals surface area (Å²) >= 11 is 0. The highest BCUT2D eigenvalue weighted by molar-refractivity contribution is 6.07. The van der Waals surface area contributed by atoms with Gasteiger partial charge in [0.1, 0.15) is 5.78 Å². The fourth-order valence-corrected chi connectivity index (χ4v) is 0.901. The number of hydrogen-bond donors (Lipinski definition) is 0. The highest BCUT2D eigenvalue weighted by atomic mass is 16.1. The zero-order valence-electron chi connectivity index (χ0n) is 6.83. The molecule has 0 aliphatic heterocycles. The Bertz CT molecular complexity index is 288. The Kier molecular flexibility index (Phi) is 2.75. The summed E-state index contributed by atoms with van der Waals surface area (Å²) in [5.41, 5.74) is 0.573. The third-order valence-electron chi connectivity index (χ3n) is 1.45. The van der Waals surface area contributed by atoms with Crippen molar-refractivity contribution in [2.24, 2.45) is 0 Å². The maximum Gasteiger partial charge on any atom is 0.170 e. The van der Waals surface area contributed by atoms with Crippen molar-refractivity contribution in [2.45, 2.75) is 13.3 Å². The first-order chi connectivity index (χ1) is 5.70. The lowest BCUT2D eigenvalue weighted by Gasteiger charge is -1.95. The number of carbonyl (C=O) groups excluding carboxylic acids is 2. The first-order valence-electron chi connectivity index (χ1n) is 3.69. The van der Waals surface area contributed by atoms with Crippen LogP contribution in [0.4, 0.5) is 0 Å². The van der Waals surface area contributed by atoms with Gasteiger partial charge in [0.2, 0.25) is 0 Å². The molecule has 2 nitrogen and oxygen atoms in total. The lowest BCUT2D eigenvalue weighted by Crippen LogP contribution is -2.04. The predicted octanol–water partition coefficient (Wildman–Crippen LogP) is 1.65. The molecule has 0 unspecified atom stereocenters. The van der Waals surface area contributed by atoms with Crippen LogP contribution in [0.5, 0.6) is 0 Å². The van der Waals surface area contributed by atoms with Crippen molar-refractivity contribution in [1.29, 1.82) is 0 Å². The maximum absolute atomic E-state index is 11.2. The van der Waals surface area contributed by atoms with Gasteiger partial charge in [-0.15, -0.1) is 0 Å². The lowest BCUT2D eigenvalue weighted by molar-refractivity contribution is -0.116. The highest BCUT2D eigenvalue weighted by Gasteiger charge is 2.06.